The maximum Gasteiger partial charge on any atom is 0.274 e. The third-order valence-electron chi connectivity index (χ3n) is 6.06. The van der Waals surface area contributed by atoms with Gasteiger partial charge in [0.05, 0.1) is 33.9 Å². The minimum Gasteiger partial charge on any atom is -0.347 e. The number of hydrogen-bond acceptors (Lipinski definition) is 6. The first-order valence-corrected chi connectivity index (χ1v) is 13.3. The van der Waals surface area contributed by atoms with E-state index in [1.807, 2.05) is 20.8 Å². The number of carbonyl (C=O) groups is 2. The number of benzene rings is 1. The minimum atomic E-state index is -0.502. The van der Waals surface area contributed by atoms with E-state index in [0.29, 0.717) is 38.7 Å². The van der Waals surface area contributed by atoms with Gasteiger partial charge in [-0.1, -0.05) is 23.2 Å². The number of carbonyl (C=O) groups excluding carboxylic acids is 2. The number of halogens is 2. The van der Waals surface area contributed by atoms with E-state index in [-0.39, 0.29) is 23.7 Å². The molecular weight excluding hydrogens is 539 g/mol. The zero-order valence-electron chi connectivity index (χ0n) is 22.0. The number of rotatable bonds is 7. The number of anilines is 1. The summed E-state index contributed by atoms with van der Waals surface area (Å²) in [7, 11) is 0. The van der Waals surface area contributed by atoms with Crippen molar-refractivity contribution < 1.29 is 9.59 Å². The Morgan fingerprint density at radius 3 is 2.56 bits per heavy atom. The van der Waals surface area contributed by atoms with Crippen LogP contribution in [0.1, 0.15) is 77.3 Å². The Kier molecular flexibility index (Phi) is 7.17. The van der Waals surface area contributed by atoms with Crippen LogP contribution in [0, 0.1) is 6.92 Å². The topological polar surface area (TPSA) is 120 Å². The average molecular weight is 567 g/mol. The van der Waals surface area contributed by atoms with Gasteiger partial charge < -0.3 is 10.6 Å². The van der Waals surface area contributed by atoms with E-state index in [1.54, 1.807) is 48.4 Å². The van der Waals surface area contributed by atoms with Gasteiger partial charge >= 0.3 is 0 Å². The van der Waals surface area contributed by atoms with Crippen LogP contribution in [0.25, 0.3) is 5.82 Å². The first kappa shape index (κ1) is 26.8. The SMILES string of the molecule is Cc1cc(Cl)cc(C(=O)NC(C)(C)C)c1NC(=O)c1cc(Cn2ncc(C3CC3)n2)nn1-c1ncccc1Cl. The number of aromatic nitrogens is 6. The van der Waals surface area contributed by atoms with Crippen LogP contribution in [0.3, 0.4) is 0 Å². The first-order valence-electron chi connectivity index (χ1n) is 12.5. The third-order valence-corrected chi connectivity index (χ3v) is 6.57. The van der Waals surface area contributed by atoms with Gasteiger partial charge in [-0.25, -0.2) is 9.67 Å². The lowest BCUT2D eigenvalue weighted by Gasteiger charge is -2.22. The van der Waals surface area contributed by atoms with Crippen molar-refractivity contribution in [1.29, 1.82) is 0 Å². The van der Waals surface area contributed by atoms with Crippen molar-refractivity contribution in [3.63, 3.8) is 0 Å². The number of nitrogens with one attached hydrogen (secondary N) is 2. The van der Waals surface area contributed by atoms with Crippen molar-refractivity contribution in [3.8, 4) is 5.82 Å². The van der Waals surface area contributed by atoms with Crippen LogP contribution < -0.4 is 10.6 Å². The summed E-state index contributed by atoms with van der Waals surface area (Å²) < 4.78 is 1.39. The van der Waals surface area contributed by atoms with Gasteiger partial charge in [0, 0.05) is 22.7 Å². The Labute approximate surface area is 235 Å². The van der Waals surface area contributed by atoms with Crippen LogP contribution in [0.2, 0.25) is 10.0 Å². The summed E-state index contributed by atoms with van der Waals surface area (Å²) in [5, 5.41) is 20.0. The van der Waals surface area contributed by atoms with E-state index in [4.69, 9.17) is 23.2 Å². The maximum absolute atomic E-state index is 13.7. The second-order valence-corrected chi connectivity index (χ2v) is 11.5. The van der Waals surface area contributed by atoms with E-state index in [9.17, 15) is 9.59 Å². The fourth-order valence-electron chi connectivity index (χ4n) is 4.14. The van der Waals surface area contributed by atoms with Crippen LogP contribution >= 0.6 is 23.2 Å². The molecule has 0 aliphatic heterocycles. The van der Waals surface area contributed by atoms with Crippen LogP contribution in [0.5, 0.6) is 0 Å². The molecule has 1 fully saturated rings. The largest absolute Gasteiger partial charge is 0.347 e. The number of nitrogens with zero attached hydrogens (tertiary/aromatic N) is 6. The van der Waals surface area contributed by atoms with Crippen molar-refractivity contribution in [2.75, 3.05) is 5.32 Å². The summed E-state index contributed by atoms with van der Waals surface area (Å²) in [5.41, 5.74) is 2.41. The number of pyridine rings is 1. The Hall–Kier alpha value is -3.76. The fraction of sp³-hybridized carbons (Fsp3) is 0.333. The first-order chi connectivity index (χ1) is 18.5. The molecule has 4 aromatic rings. The third kappa shape index (κ3) is 6.12. The molecule has 0 radical (unpaired) electrons. The molecule has 0 unspecified atom stereocenters. The monoisotopic (exact) mass is 566 g/mol. The number of hydrogen-bond donors (Lipinski definition) is 2. The molecule has 1 aliphatic carbocycles. The molecule has 2 N–H and O–H groups in total. The molecule has 2 amide bonds. The molecule has 10 nitrogen and oxygen atoms in total. The second kappa shape index (κ2) is 10.4. The van der Waals surface area contributed by atoms with Crippen molar-refractivity contribution in [3.05, 3.63) is 81.0 Å². The second-order valence-electron chi connectivity index (χ2n) is 10.6. The molecule has 0 bridgehead atoms. The molecule has 0 saturated heterocycles. The van der Waals surface area contributed by atoms with Crippen LogP contribution in [-0.2, 0) is 6.54 Å². The van der Waals surface area contributed by atoms with Gasteiger partial charge in [0.2, 0.25) is 0 Å². The highest BCUT2D eigenvalue weighted by atomic mass is 35.5. The summed E-state index contributed by atoms with van der Waals surface area (Å²) in [4.78, 5) is 32.7. The Morgan fingerprint density at radius 2 is 1.87 bits per heavy atom. The van der Waals surface area contributed by atoms with Gasteiger partial charge in [0.25, 0.3) is 11.8 Å². The van der Waals surface area contributed by atoms with Crippen LogP contribution in [0.4, 0.5) is 5.69 Å². The molecule has 1 aromatic carbocycles. The number of amides is 2. The summed E-state index contributed by atoms with van der Waals surface area (Å²) in [6.07, 6.45) is 5.58. The molecule has 1 saturated carbocycles. The predicted molar refractivity (Wildman–Crippen MR) is 149 cm³/mol. The zero-order chi connectivity index (χ0) is 27.9. The van der Waals surface area contributed by atoms with E-state index in [1.165, 1.54) is 10.7 Å². The van der Waals surface area contributed by atoms with Gasteiger partial charge in [-0.3, -0.25) is 9.59 Å². The zero-order valence-corrected chi connectivity index (χ0v) is 23.5. The number of aryl methyl sites for hydroxylation is 1. The molecule has 12 heteroatoms. The summed E-state index contributed by atoms with van der Waals surface area (Å²) in [5.74, 6) is -0.0992. The Bertz CT molecular complexity index is 1570. The lowest BCUT2D eigenvalue weighted by atomic mass is 10.0. The van der Waals surface area contributed by atoms with Crippen molar-refractivity contribution in [2.24, 2.45) is 0 Å². The normalized spacial score (nSPS) is 13.4. The highest BCUT2D eigenvalue weighted by Crippen LogP contribution is 2.38. The van der Waals surface area contributed by atoms with Gasteiger partial charge in [-0.2, -0.15) is 20.1 Å². The molecular formula is C27H28Cl2N8O2. The molecule has 0 spiro atoms. The molecule has 3 aromatic heterocycles. The highest BCUT2D eigenvalue weighted by Gasteiger charge is 2.27. The standard InChI is InChI=1S/C27H28Cl2N8O2/c1-15-10-17(28)11-19(25(38)33-27(2,3)4)23(15)32-26(39)22-12-18(14-36-31-13-21(35-36)16-7-8-16)34-37(22)24-20(29)6-5-9-30-24/h5-6,9-13,16H,7-8,14H2,1-4H3,(H,32,39)(H,33,38). The van der Waals surface area contributed by atoms with E-state index in [2.05, 4.69) is 30.9 Å². The van der Waals surface area contributed by atoms with Crippen molar-refractivity contribution >= 4 is 40.7 Å². The Balaban J connectivity index is 1.51. The average Bonchev–Trinajstić information content (AvgIpc) is 3.46. The summed E-state index contributed by atoms with van der Waals surface area (Å²) in [6, 6.07) is 8.22. The minimum absolute atomic E-state index is 0.178. The Morgan fingerprint density at radius 1 is 1.10 bits per heavy atom. The van der Waals surface area contributed by atoms with E-state index >= 15 is 0 Å². The van der Waals surface area contributed by atoms with Crippen molar-refractivity contribution in [1.82, 2.24) is 35.1 Å². The van der Waals surface area contributed by atoms with Gasteiger partial charge in [0.15, 0.2) is 5.82 Å². The molecule has 39 heavy (non-hydrogen) atoms. The molecule has 1 aliphatic rings. The lowest BCUT2D eigenvalue weighted by molar-refractivity contribution is 0.0920. The van der Waals surface area contributed by atoms with E-state index < -0.39 is 11.4 Å². The fourth-order valence-corrected chi connectivity index (χ4v) is 4.61. The summed E-state index contributed by atoms with van der Waals surface area (Å²) in [6.45, 7) is 7.65. The maximum atomic E-state index is 13.7. The van der Waals surface area contributed by atoms with Crippen molar-refractivity contribution in [2.45, 2.75) is 58.5 Å². The van der Waals surface area contributed by atoms with Gasteiger partial charge in [-0.05, 0) is 76.4 Å². The summed E-state index contributed by atoms with van der Waals surface area (Å²) >= 11 is 12.7. The lowest BCUT2D eigenvalue weighted by Crippen LogP contribution is -2.41. The molecule has 3 heterocycles. The highest BCUT2D eigenvalue weighted by molar-refractivity contribution is 6.32. The molecule has 0 atom stereocenters. The van der Waals surface area contributed by atoms with Crippen LogP contribution in [-0.4, -0.2) is 47.1 Å². The quantitative estimate of drug-likeness (QED) is 0.318. The smallest absolute Gasteiger partial charge is 0.274 e. The van der Waals surface area contributed by atoms with E-state index in [0.717, 1.165) is 18.5 Å². The molecule has 202 valence electrons. The van der Waals surface area contributed by atoms with Gasteiger partial charge in [-0.15, -0.1) is 0 Å². The predicted octanol–water partition coefficient (Wildman–Crippen LogP) is 5.18. The van der Waals surface area contributed by atoms with Gasteiger partial charge in [0.1, 0.15) is 12.2 Å². The van der Waals surface area contributed by atoms with Crippen LogP contribution in [0.15, 0.2) is 42.7 Å². The molecule has 5 rings (SSSR count).